The highest BCUT2D eigenvalue weighted by atomic mass is 16.5. The van der Waals surface area contributed by atoms with E-state index in [1.54, 1.807) is 28.4 Å². The Morgan fingerprint density at radius 3 is 1.89 bits per heavy atom. The Hall–Kier alpha value is -3.27. The third-order valence-electron chi connectivity index (χ3n) is 9.26. The van der Waals surface area contributed by atoms with Crippen LogP contribution in [0.3, 0.4) is 0 Å². The number of amides is 1. The predicted octanol–water partition coefficient (Wildman–Crippen LogP) is 6.53. The molecule has 0 spiro atoms. The fourth-order valence-corrected chi connectivity index (χ4v) is 6.58. The van der Waals surface area contributed by atoms with Crippen molar-refractivity contribution in [3.8, 4) is 23.0 Å². The smallest absolute Gasteiger partial charge is 0.247 e. The number of nitrogens with zero attached hydrogens (tertiary/aromatic N) is 2. The molecule has 0 radical (unpaired) electrons. The van der Waals surface area contributed by atoms with Crippen molar-refractivity contribution in [2.75, 3.05) is 55.1 Å². The van der Waals surface area contributed by atoms with Gasteiger partial charge in [-0.15, -0.1) is 0 Å². The highest BCUT2D eigenvalue weighted by Gasteiger charge is 2.42. The number of hydrogen-bond donors (Lipinski definition) is 2. The van der Waals surface area contributed by atoms with Crippen LogP contribution in [0.1, 0.15) is 77.8 Å². The molecular formula is C37H57N3O6. The monoisotopic (exact) mass is 639 g/mol. The van der Waals surface area contributed by atoms with E-state index >= 15 is 0 Å². The molecule has 1 heterocycles. The number of hydrogen-bond acceptors (Lipinski definition) is 8. The number of ether oxygens (including phenoxy) is 4. The van der Waals surface area contributed by atoms with Crippen LogP contribution in [-0.2, 0) is 4.79 Å². The average Bonchev–Trinajstić information content (AvgIpc) is 3.02. The second-order valence-corrected chi connectivity index (χ2v) is 14.0. The summed E-state index contributed by atoms with van der Waals surface area (Å²) in [6.07, 6.45) is 4.39. The molecule has 0 fully saturated rings. The van der Waals surface area contributed by atoms with Crippen LogP contribution in [0.2, 0.25) is 0 Å². The standard InChI is InChI=1S/C37H57N3O6/c1-25(2)28(23-38-35(41)29-21-36(3,4)40(42)37(5,6)22-29)13-12-18-39(7)24-30(26-14-16-31(43-8)33(19-26)45-10)27-15-17-32(44-9)34(20-27)46-11/h14-17,19-21,25,28,30,42H,12-13,18,22-24H2,1-11H3,(H,38,41). The summed E-state index contributed by atoms with van der Waals surface area (Å²) < 4.78 is 22.3. The van der Waals surface area contributed by atoms with Crippen molar-refractivity contribution in [1.29, 1.82) is 0 Å². The summed E-state index contributed by atoms with van der Waals surface area (Å²) in [6.45, 7) is 14.5. The van der Waals surface area contributed by atoms with Crippen LogP contribution < -0.4 is 24.3 Å². The molecule has 2 N–H and O–H groups in total. The van der Waals surface area contributed by atoms with E-state index in [1.807, 2.05) is 58.0 Å². The number of benzene rings is 2. The van der Waals surface area contributed by atoms with Crippen LogP contribution in [-0.4, -0.2) is 87.3 Å². The summed E-state index contributed by atoms with van der Waals surface area (Å²) in [6, 6.07) is 12.2. The molecule has 1 atom stereocenters. The number of nitrogens with one attached hydrogen (secondary N) is 1. The molecule has 0 bridgehead atoms. The number of hydroxylamine groups is 2. The summed E-state index contributed by atoms with van der Waals surface area (Å²) in [4.78, 5) is 15.6. The molecule has 3 rings (SSSR count). The van der Waals surface area contributed by atoms with E-state index < -0.39 is 11.1 Å². The maximum absolute atomic E-state index is 13.2. The molecule has 0 saturated carbocycles. The van der Waals surface area contributed by atoms with E-state index in [0.29, 0.717) is 47.8 Å². The minimum Gasteiger partial charge on any atom is -0.493 e. The zero-order valence-corrected chi connectivity index (χ0v) is 29.9. The molecule has 0 saturated heterocycles. The van der Waals surface area contributed by atoms with Gasteiger partial charge in [-0.25, -0.2) is 0 Å². The van der Waals surface area contributed by atoms with Crippen molar-refractivity contribution < 1.29 is 28.9 Å². The zero-order valence-electron chi connectivity index (χ0n) is 29.9. The van der Waals surface area contributed by atoms with Crippen LogP contribution in [0.25, 0.3) is 0 Å². The minimum absolute atomic E-state index is 0.0373. The van der Waals surface area contributed by atoms with Crippen LogP contribution in [0, 0.1) is 11.8 Å². The van der Waals surface area contributed by atoms with Crippen LogP contribution in [0.15, 0.2) is 48.0 Å². The van der Waals surface area contributed by atoms with Crippen molar-refractivity contribution in [3.05, 3.63) is 59.2 Å². The van der Waals surface area contributed by atoms with Gasteiger partial charge in [0.1, 0.15) is 0 Å². The largest absolute Gasteiger partial charge is 0.493 e. The maximum Gasteiger partial charge on any atom is 0.247 e. The molecule has 1 unspecified atom stereocenters. The van der Waals surface area contributed by atoms with E-state index in [2.05, 4.69) is 43.2 Å². The number of carbonyl (C=O) groups is 1. The SMILES string of the molecule is COc1ccc(C(CN(C)CCCC(CNC(=O)C2=CC(C)(C)N(O)C(C)(C)C2)C(C)C)c2ccc(OC)c(OC)c2)cc1OC. The molecule has 2 aromatic carbocycles. The third kappa shape index (κ3) is 9.17. The molecule has 2 aromatic rings. The molecule has 0 aromatic heterocycles. The van der Waals surface area contributed by atoms with Gasteiger partial charge < -0.3 is 34.4 Å². The topological polar surface area (TPSA) is 92.7 Å². The summed E-state index contributed by atoms with van der Waals surface area (Å²) in [5, 5.41) is 15.2. The van der Waals surface area contributed by atoms with Gasteiger partial charge in [-0.05, 0) is 108 Å². The van der Waals surface area contributed by atoms with Crippen molar-refractivity contribution in [2.24, 2.45) is 11.8 Å². The van der Waals surface area contributed by atoms with E-state index in [4.69, 9.17) is 18.9 Å². The Morgan fingerprint density at radius 1 is 0.913 bits per heavy atom. The molecule has 0 aliphatic carbocycles. The van der Waals surface area contributed by atoms with Gasteiger partial charge in [0.25, 0.3) is 0 Å². The van der Waals surface area contributed by atoms with Gasteiger partial charge in [-0.1, -0.05) is 32.1 Å². The van der Waals surface area contributed by atoms with E-state index in [9.17, 15) is 10.0 Å². The van der Waals surface area contributed by atoms with Gasteiger partial charge in [0.15, 0.2) is 23.0 Å². The van der Waals surface area contributed by atoms with Gasteiger partial charge >= 0.3 is 0 Å². The quantitative estimate of drug-likeness (QED) is 0.214. The summed E-state index contributed by atoms with van der Waals surface area (Å²) >= 11 is 0. The lowest BCUT2D eigenvalue weighted by atomic mass is 9.82. The number of carbonyl (C=O) groups excluding carboxylic acids is 1. The van der Waals surface area contributed by atoms with E-state index in [0.717, 1.165) is 42.6 Å². The van der Waals surface area contributed by atoms with Gasteiger partial charge in [-0.2, -0.15) is 5.06 Å². The van der Waals surface area contributed by atoms with Crippen molar-refractivity contribution in [3.63, 3.8) is 0 Å². The Kier molecular flexibility index (Phi) is 13.0. The normalized spacial score (nSPS) is 16.7. The maximum atomic E-state index is 13.2. The van der Waals surface area contributed by atoms with Gasteiger partial charge in [0.2, 0.25) is 5.91 Å². The third-order valence-corrected chi connectivity index (χ3v) is 9.26. The summed E-state index contributed by atoms with van der Waals surface area (Å²) in [5.41, 5.74) is 1.85. The molecule has 256 valence electrons. The molecule has 1 aliphatic heterocycles. The number of methoxy groups -OCH3 is 4. The highest BCUT2D eigenvalue weighted by Crippen LogP contribution is 2.38. The molecular weight excluding hydrogens is 582 g/mol. The van der Waals surface area contributed by atoms with Crippen molar-refractivity contribution in [2.45, 2.75) is 77.8 Å². The first-order valence-corrected chi connectivity index (χ1v) is 16.3. The first kappa shape index (κ1) is 37.2. The van der Waals surface area contributed by atoms with Gasteiger partial charge in [0, 0.05) is 30.1 Å². The second-order valence-electron chi connectivity index (χ2n) is 14.0. The average molecular weight is 640 g/mol. The second kappa shape index (κ2) is 16.0. The lowest BCUT2D eigenvalue weighted by Crippen LogP contribution is -2.56. The Morgan fingerprint density at radius 2 is 1.43 bits per heavy atom. The first-order valence-electron chi connectivity index (χ1n) is 16.3. The molecule has 9 nitrogen and oxygen atoms in total. The molecule has 1 amide bonds. The van der Waals surface area contributed by atoms with Crippen molar-refractivity contribution in [1.82, 2.24) is 15.3 Å². The number of likely N-dealkylation sites (N-methyl/N-ethyl adjacent to an activating group) is 1. The number of rotatable bonds is 16. The lowest BCUT2D eigenvalue weighted by Gasteiger charge is -2.46. The Bertz CT molecular complexity index is 1280. The Labute approximate surface area is 276 Å². The summed E-state index contributed by atoms with van der Waals surface area (Å²) in [5.74, 6) is 3.57. The van der Waals surface area contributed by atoms with Crippen LogP contribution >= 0.6 is 0 Å². The first-order chi connectivity index (χ1) is 21.7. The van der Waals surface area contributed by atoms with Gasteiger partial charge in [0.05, 0.1) is 34.0 Å². The van der Waals surface area contributed by atoms with Crippen LogP contribution in [0.5, 0.6) is 23.0 Å². The fraction of sp³-hybridized carbons (Fsp3) is 0.595. The van der Waals surface area contributed by atoms with Crippen LogP contribution in [0.4, 0.5) is 0 Å². The molecule has 46 heavy (non-hydrogen) atoms. The van der Waals surface area contributed by atoms with E-state index in [-0.39, 0.29) is 11.8 Å². The zero-order chi connectivity index (χ0) is 34.2. The van der Waals surface area contributed by atoms with Crippen molar-refractivity contribution >= 4 is 5.91 Å². The molecule has 9 heteroatoms. The fourth-order valence-electron chi connectivity index (χ4n) is 6.58. The van der Waals surface area contributed by atoms with E-state index in [1.165, 1.54) is 5.06 Å². The predicted molar refractivity (Wildman–Crippen MR) is 183 cm³/mol. The highest BCUT2D eigenvalue weighted by molar-refractivity contribution is 5.94. The lowest BCUT2D eigenvalue weighted by molar-refractivity contribution is -0.214. The van der Waals surface area contributed by atoms with Gasteiger partial charge in [-0.3, -0.25) is 4.79 Å². The minimum atomic E-state index is -0.609. The Balaban J connectivity index is 1.69. The molecule has 1 aliphatic rings. The summed E-state index contributed by atoms with van der Waals surface area (Å²) in [7, 11) is 8.76.